The maximum Gasteiger partial charge on any atom is 0.253 e. The molecule has 0 saturated carbocycles. The molecule has 2 N–H and O–H groups in total. The van der Waals surface area contributed by atoms with Crippen molar-refractivity contribution in [2.75, 3.05) is 5.75 Å². The first-order chi connectivity index (χ1) is 11.9. The SMILES string of the molecule is Cc1cc(C)c(CNC(=O)CCCS(=O)c2ccc(Br)cc2)c(=O)[nH]1. The van der Waals surface area contributed by atoms with Crippen molar-refractivity contribution in [1.29, 1.82) is 0 Å². The first-order valence-electron chi connectivity index (χ1n) is 7.97. The highest BCUT2D eigenvalue weighted by Crippen LogP contribution is 2.14. The number of aromatic nitrogens is 1. The largest absolute Gasteiger partial charge is 0.352 e. The van der Waals surface area contributed by atoms with Crippen LogP contribution in [0.4, 0.5) is 0 Å². The quantitative estimate of drug-likeness (QED) is 0.716. The summed E-state index contributed by atoms with van der Waals surface area (Å²) in [4.78, 5) is 27.3. The standard InChI is InChI=1S/C18H21BrN2O3S/c1-12-10-13(2)21-18(23)16(12)11-20-17(22)4-3-9-25(24)15-7-5-14(19)6-8-15/h5-8,10H,3-4,9,11H2,1-2H3,(H,20,22)(H,21,23). The second kappa shape index (κ2) is 9.10. The lowest BCUT2D eigenvalue weighted by Crippen LogP contribution is -2.27. The Morgan fingerprint density at radius 2 is 1.92 bits per heavy atom. The molecule has 1 aromatic carbocycles. The first-order valence-corrected chi connectivity index (χ1v) is 10.1. The highest BCUT2D eigenvalue weighted by molar-refractivity contribution is 9.10. The van der Waals surface area contributed by atoms with E-state index in [4.69, 9.17) is 0 Å². The third-order valence-corrected chi connectivity index (χ3v) is 5.75. The van der Waals surface area contributed by atoms with E-state index in [1.807, 2.05) is 44.2 Å². The minimum atomic E-state index is -1.11. The molecule has 0 fully saturated rings. The molecule has 0 spiro atoms. The molecule has 0 bridgehead atoms. The summed E-state index contributed by atoms with van der Waals surface area (Å²) in [5, 5.41) is 2.76. The van der Waals surface area contributed by atoms with Crippen LogP contribution in [0.3, 0.4) is 0 Å². The topological polar surface area (TPSA) is 79.0 Å². The van der Waals surface area contributed by atoms with Gasteiger partial charge in [0.25, 0.3) is 5.56 Å². The molecule has 1 amide bonds. The number of hydrogen-bond acceptors (Lipinski definition) is 3. The summed E-state index contributed by atoms with van der Waals surface area (Å²) in [5.41, 5.74) is 2.05. The summed E-state index contributed by atoms with van der Waals surface area (Å²) >= 11 is 3.34. The Balaban J connectivity index is 1.79. The smallest absolute Gasteiger partial charge is 0.253 e. The van der Waals surface area contributed by atoms with Crippen LogP contribution in [0, 0.1) is 13.8 Å². The van der Waals surface area contributed by atoms with E-state index in [9.17, 15) is 13.8 Å². The van der Waals surface area contributed by atoms with Crippen molar-refractivity contribution in [3.63, 3.8) is 0 Å². The molecule has 0 aliphatic heterocycles. The third-order valence-electron chi connectivity index (χ3n) is 3.77. The molecule has 0 aliphatic carbocycles. The fourth-order valence-corrected chi connectivity index (χ4v) is 3.79. The maximum absolute atomic E-state index is 12.2. The second-order valence-electron chi connectivity index (χ2n) is 5.83. The van der Waals surface area contributed by atoms with Crippen molar-refractivity contribution in [2.24, 2.45) is 0 Å². The molecule has 7 heteroatoms. The number of hydrogen-bond donors (Lipinski definition) is 2. The lowest BCUT2D eigenvalue weighted by molar-refractivity contribution is -0.121. The third kappa shape index (κ3) is 5.93. The Kier molecular flexibility index (Phi) is 7.13. The van der Waals surface area contributed by atoms with Crippen LogP contribution in [0.25, 0.3) is 0 Å². The first kappa shape index (κ1) is 19.6. The molecule has 1 unspecified atom stereocenters. The fraction of sp³-hybridized carbons (Fsp3) is 0.333. The number of rotatable bonds is 7. The van der Waals surface area contributed by atoms with E-state index < -0.39 is 10.8 Å². The average Bonchev–Trinajstić information content (AvgIpc) is 2.54. The van der Waals surface area contributed by atoms with Crippen LogP contribution in [-0.4, -0.2) is 20.9 Å². The number of aryl methyl sites for hydroxylation is 2. The van der Waals surface area contributed by atoms with Gasteiger partial charge >= 0.3 is 0 Å². The number of halogens is 1. The van der Waals surface area contributed by atoms with Gasteiger partial charge in [0, 0.05) is 39.3 Å². The average molecular weight is 425 g/mol. The Bertz CT molecular complexity index is 831. The van der Waals surface area contributed by atoms with Crippen molar-refractivity contribution >= 4 is 32.6 Å². The summed E-state index contributed by atoms with van der Waals surface area (Å²) in [7, 11) is -1.11. The molecular formula is C18H21BrN2O3S. The Morgan fingerprint density at radius 3 is 2.56 bits per heavy atom. The van der Waals surface area contributed by atoms with Crippen molar-refractivity contribution in [3.8, 4) is 0 Å². The number of amides is 1. The summed E-state index contributed by atoms with van der Waals surface area (Å²) in [6.45, 7) is 3.88. The van der Waals surface area contributed by atoms with Gasteiger partial charge in [0.15, 0.2) is 0 Å². The Hall–Kier alpha value is -1.73. The molecule has 1 heterocycles. The fourth-order valence-electron chi connectivity index (χ4n) is 2.44. The number of carbonyl (C=O) groups is 1. The number of benzene rings is 1. The lowest BCUT2D eigenvalue weighted by Gasteiger charge is -2.08. The van der Waals surface area contributed by atoms with E-state index in [2.05, 4.69) is 26.2 Å². The minimum Gasteiger partial charge on any atom is -0.352 e. The number of nitrogens with one attached hydrogen (secondary N) is 2. The maximum atomic E-state index is 12.2. The Morgan fingerprint density at radius 1 is 1.24 bits per heavy atom. The lowest BCUT2D eigenvalue weighted by atomic mass is 10.1. The number of H-pyrrole nitrogens is 1. The summed E-state index contributed by atoms with van der Waals surface area (Å²) in [6, 6.07) is 9.20. The Labute approximate surface area is 157 Å². The molecule has 2 rings (SSSR count). The van der Waals surface area contributed by atoms with Gasteiger partial charge in [-0.3, -0.25) is 13.8 Å². The van der Waals surface area contributed by atoms with Crippen LogP contribution in [0.2, 0.25) is 0 Å². The zero-order valence-electron chi connectivity index (χ0n) is 14.2. The van der Waals surface area contributed by atoms with Gasteiger partial charge in [0.05, 0.1) is 10.8 Å². The van der Waals surface area contributed by atoms with Gasteiger partial charge in [-0.2, -0.15) is 0 Å². The van der Waals surface area contributed by atoms with E-state index in [0.29, 0.717) is 17.7 Å². The molecule has 1 aromatic heterocycles. The minimum absolute atomic E-state index is 0.146. The van der Waals surface area contributed by atoms with Crippen molar-refractivity contribution < 1.29 is 9.00 Å². The molecule has 0 saturated heterocycles. The van der Waals surface area contributed by atoms with Crippen molar-refractivity contribution in [2.45, 2.75) is 38.1 Å². The van der Waals surface area contributed by atoms with Crippen molar-refractivity contribution in [1.82, 2.24) is 10.3 Å². The van der Waals surface area contributed by atoms with Crippen LogP contribution in [0.15, 0.2) is 44.5 Å². The van der Waals surface area contributed by atoms with Gasteiger partial charge in [-0.25, -0.2) is 0 Å². The van der Waals surface area contributed by atoms with E-state index in [1.54, 1.807) is 0 Å². The highest BCUT2D eigenvalue weighted by atomic mass is 79.9. The van der Waals surface area contributed by atoms with Crippen LogP contribution in [0.1, 0.15) is 29.7 Å². The second-order valence-corrected chi connectivity index (χ2v) is 8.31. The number of pyridine rings is 1. The van der Waals surface area contributed by atoms with Crippen LogP contribution in [0.5, 0.6) is 0 Å². The van der Waals surface area contributed by atoms with Crippen LogP contribution in [-0.2, 0) is 22.1 Å². The summed E-state index contributed by atoms with van der Waals surface area (Å²) < 4.78 is 13.1. The van der Waals surface area contributed by atoms with Crippen LogP contribution < -0.4 is 10.9 Å². The molecule has 25 heavy (non-hydrogen) atoms. The number of carbonyl (C=O) groups excluding carboxylic acids is 1. The zero-order chi connectivity index (χ0) is 18.4. The van der Waals surface area contributed by atoms with Crippen molar-refractivity contribution in [3.05, 3.63) is 62.0 Å². The molecule has 1 atom stereocenters. The van der Waals surface area contributed by atoms with Gasteiger partial charge in [-0.15, -0.1) is 0 Å². The van der Waals surface area contributed by atoms with Gasteiger partial charge in [0.2, 0.25) is 5.91 Å². The molecule has 2 aromatic rings. The molecule has 134 valence electrons. The summed E-state index contributed by atoms with van der Waals surface area (Å²) in [5.74, 6) is 0.284. The van der Waals surface area contributed by atoms with Gasteiger partial charge < -0.3 is 10.3 Å². The number of aromatic amines is 1. The van der Waals surface area contributed by atoms with Gasteiger partial charge in [0.1, 0.15) is 0 Å². The highest BCUT2D eigenvalue weighted by Gasteiger charge is 2.09. The zero-order valence-corrected chi connectivity index (χ0v) is 16.6. The van der Waals surface area contributed by atoms with E-state index in [1.165, 1.54) is 0 Å². The molecule has 0 radical (unpaired) electrons. The predicted octanol–water partition coefficient (Wildman–Crippen LogP) is 2.96. The monoisotopic (exact) mass is 424 g/mol. The normalized spacial score (nSPS) is 12.0. The predicted molar refractivity (Wildman–Crippen MR) is 103 cm³/mol. The molecular weight excluding hydrogens is 404 g/mol. The summed E-state index contributed by atoms with van der Waals surface area (Å²) in [6.07, 6.45) is 0.808. The van der Waals surface area contributed by atoms with Gasteiger partial charge in [-0.1, -0.05) is 15.9 Å². The van der Waals surface area contributed by atoms with E-state index in [-0.39, 0.29) is 24.4 Å². The van der Waals surface area contributed by atoms with E-state index >= 15 is 0 Å². The molecule has 0 aliphatic rings. The van der Waals surface area contributed by atoms with Gasteiger partial charge in [-0.05, 0) is 56.2 Å². The molecule has 5 nitrogen and oxygen atoms in total. The van der Waals surface area contributed by atoms with E-state index in [0.717, 1.165) is 20.6 Å². The van der Waals surface area contributed by atoms with Crippen LogP contribution >= 0.6 is 15.9 Å².